The van der Waals surface area contributed by atoms with Gasteiger partial charge in [-0.3, -0.25) is 4.79 Å². The third kappa shape index (κ3) is 12.8. The monoisotopic (exact) mass is 822 g/mol. The van der Waals surface area contributed by atoms with Gasteiger partial charge in [0.15, 0.2) is 11.6 Å². The summed E-state index contributed by atoms with van der Waals surface area (Å²) < 4.78 is 28.5. The van der Waals surface area contributed by atoms with E-state index in [0.717, 1.165) is 18.9 Å². The number of aromatic hydroxyl groups is 3. The molecular weight excluding hydrogens is 764 g/mol. The molecule has 2 aromatic rings. The summed E-state index contributed by atoms with van der Waals surface area (Å²) in [6.45, 7) is 13.1. The maximum atomic E-state index is 12.8. The van der Waals surface area contributed by atoms with Crippen LogP contribution in [0.15, 0.2) is 60.7 Å². The van der Waals surface area contributed by atoms with Gasteiger partial charge in [-0.25, -0.2) is 9.59 Å². The first-order valence-electron chi connectivity index (χ1n) is 19.9. The van der Waals surface area contributed by atoms with Gasteiger partial charge in [0, 0.05) is 24.0 Å². The molecule has 0 aliphatic carbocycles. The topological polar surface area (TPSA) is 219 Å². The number of carbonyl (C=O) groups excluding carboxylic acids is 3. The Morgan fingerprint density at radius 1 is 0.729 bits per heavy atom. The lowest BCUT2D eigenvalue weighted by Gasteiger charge is -2.22. The van der Waals surface area contributed by atoms with Gasteiger partial charge in [0.25, 0.3) is 0 Å². The molecule has 5 rings (SSSR count). The highest BCUT2D eigenvalue weighted by molar-refractivity contribution is 5.98. The van der Waals surface area contributed by atoms with Gasteiger partial charge in [0.2, 0.25) is 0 Å². The van der Waals surface area contributed by atoms with Crippen molar-refractivity contribution in [2.45, 2.75) is 123 Å². The van der Waals surface area contributed by atoms with Crippen molar-refractivity contribution in [3.63, 3.8) is 0 Å². The molecule has 1 fully saturated rings. The predicted octanol–water partition coefficient (Wildman–Crippen LogP) is 6.15. The first kappa shape index (κ1) is 46.7. The zero-order valence-electron chi connectivity index (χ0n) is 34.6. The maximum Gasteiger partial charge on any atom is 0.342 e. The second kappa shape index (κ2) is 20.8. The van der Waals surface area contributed by atoms with Gasteiger partial charge >= 0.3 is 11.9 Å². The maximum absolute atomic E-state index is 12.8. The quantitative estimate of drug-likeness (QED) is 0.116. The van der Waals surface area contributed by atoms with Crippen LogP contribution >= 0.6 is 0 Å². The van der Waals surface area contributed by atoms with Crippen molar-refractivity contribution >= 4 is 29.9 Å². The number of aliphatic hydroxyl groups excluding tert-OH is 3. The molecule has 0 saturated carbocycles. The number of phenolic OH excluding ortho intramolecular Hbond substituents is 3. The van der Waals surface area contributed by atoms with E-state index in [1.807, 2.05) is 13.8 Å². The third-order valence-electron chi connectivity index (χ3n) is 10.2. The van der Waals surface area contributed by atoms with Crippen molar-refractivity contribution in [3.05, 3.63) is 83.0 Å². The normalized spacial score (nSPS) is 30.9. The number of cyclic esters (lactones) is 2. The summed E-state index contributed by atoms with van der Waals surface area (Å²) in [5.74, 6) is -3.76. The van der Waals surface area contributed by atoms with Gasteiger partial charge in [0.1, 0.15) is 64.6 Å². The summed E-state index contributed by atoms with van der Waals surface area (Å²) in [6.07, 6.45) is 8.87. The molecule has 59 heavy (non-hydrogen) atoms. The van der Waals surface area contributed by atoms with Crippen molar-refractivity contribution in [3.8, 4) is 23.0 Å². The fourth-order valence-corrected chi connectivity index (χ4v) is 6.42. The van der Waals surface area contributed by atoms with Crippen LogP contribution in [0.2, 0.25) is 0 Å². The zero-order valence-corrected chi connectivity index (χ0v) is 34.6. The summed E-state index contributed by atoms with van der Waals surface area (Å²) >= 11 is 0. The summed E-state index contributed by atoms with van der Waals surface area (Å²) in [6, 6.07) is 5.47. The van der Waals surface area contributed by atoms with Gasteiger partial charge in [0.05, 0.1) is 18.8 Å². The first-order valence-corrected chi connectivity index (χ1v) is 19.9. The van der Waals surface area contributed by atoms with Gasteiger partial charge in [-0.15, -0.1) is 0 Å². The molecule has 322 valence electrons. The fourth-order valence-electron chi connectivity index (χ4n) is 6.42. The lowest BCUT2D eigenvalue weighted by Crippen LogP contribution is -2.34. The molecule has 0 radical (unpaired) electrons. The molecule has 3 aliphatic rings. The number of esters is 2. The molecule has 0 amide bonds. The Hall–Kier alpha value is -4.99. The Labute approximate surface area is 345 Å². The Kier molecular flexibility index (Phi) is 16.5. The number of ether oxygens (including phenoxy) is 5. The molecule has 0 aromatic heterocycles. The van der Waals surface area contributed by atoms with Crippen molar-refractivity contribution < 1.29 is 68.7 Å². The average Bonchev–Trinajstić information content (AvgIpc) is 3.48. The molecule has 9 atom stereocenters. The molecule has 1 saturated heterocycles. The molecule has 0 spiro atoms. The minimum atomic E-state index is -1.56. The van der Waals surface area contributed by atoms with Gasteiger partial charge in [-0.1, -0.05) is 69.7 Å². The van der Waals surface area contributed by atoms with Gasteiger partial charge in [-0.2, -0.15) is 0 Å². The van der Waals surface area contributed by atoms with Crippen molar-refractivity contribution in [1.82, 2.24) is 0 Å². The van der Waals surface area contributed by atoms with Crippen LogP contribution < -0.4 is 4.74 Å². The number of aliphatic hydroxyl groups is 3. The minimum Gasteiger partial charge on any atom is -0.508 e. The molecule has 3 aliphatic heterocycles. The average molecular weight is 823 g/mol. The van der Waals surface area contributed by atoms with Gasteiger partial charge in [-0.05, 0) is 76.3 Å². The summed E-state index contributed by atoms with van der Waals surface area (Å²) in [5.41, 5.74) is 0.655. The number of ketones is 1. The van der Waals surface area contributed by atoms with Crippen molar-refractivity contribution in [2.75, 3.05) is 6.61 Å². The van der Waals surface area contributed by atoms with Gasteiger partial charge < -0.3 is 54.3 Å². The summed E-state index contributed by atoms with van der Waals surface area (Å²) in [4.78, 5) is 37.5. The van der Waals surface area contributed by atoms with Crippen LogP contribution in [-0.2, 0) is 23.7 Å². The highest BCUT2D eigenvalue weighted by Gasteiger charge is 2.43. The number of unbranched alkanes of at least 4 members (excludes halogenated alkanes) is 1. The lowest BCUT2D eigenvalue weighted by molar-refractivity contribution is -0.152. The highest BCUT2D eigenvalue weighted by Crippen LogP contribution is 2.35. The molecule has 5 unspecified atom stereocenters. The van der Waals surface area contributed by atoms with E-state index < -0.39 is 66.2 Å². The predicted molar refractivity (Wildman–Crippen MR) is 219 cm³/mol. The number of benzene rings is 2. The van der Waals surface area contributed by atoms with E-state index in [1.165, 1.54) is 36.4 Å². The lowest BCUT2D eigenvalue weighted by atomic mass is 9.99. The second-order valence-electron chi connectivity index (χ2n) is 15.5. The Balaban J connectivity index is 0.000000261. The Morgan fingerprint density at radius 3 is 1.93 bits per heavy atom. The number of hydrogen-bond donors (Lipinski definition) is 6. The smallest absolute Gasteiger partial charge is 0.342 e. The standard InChI is InChI=1S/C23H30O7.C22H28O7/c1-4-5-11-29-17-12-16-7-6-8-18(24)22(27)19(25)10-9-14(2)15(3)30-23(28)21(16)20(26)13-17;1-12-8-9-16(24)20-18(28-22(3,4)29-20)7-5-6-14-10-15(23)11-17(25)19(14)21(26)27-13(12)2/h6-7,9-10,12-15,18,22,24,26-27H,4-5,8,11H2,1-3H3;5-6,8-13,16,18,20,23-25H,7H2,1-4H3/b7-6+,10-9-;6-5+,9-8-/t14-,15+,18?,22?;12-,13+,16?,18?,20?/m11/s1. The van der Waals surface area contributed by atoms with Crippen LogP contribution in [0.4, 0.5) is 0 Å². The minimum absolute atomic E-state index is 0.0136. The zero-order chi connectivity index (χ0) is 43.6. The van der Waals surface area contributed by atoms with Crippen LogP contribution in [0.3, 0.4) is 0 Å². The van der Waals surface area contributed by atoms with Crippen LogP contribution in [0.5, 0.6) is 23.0 Å². The third-order valence-corrected chi connectivity index (χ3v) is 10.2. The van der Waals surface area contributed by atoms with Crippen LogP contribution in [-0.4, -0.2) is 103 Å². The van der Waals surface area contributed by atoms with E-state index in [0.29, 0.717) is 29.9 Å². The van der Waals surface area contributed by atoms with E-state index in [-0.39, 0.29) is 46.6 Å². The number of fused-ring (bicyclic) bond motifs is 3. The van der Waals surface area contributed by atoms with Crippen molar-refractivity contribution in [1.29, 1.82) is 0 Å². The molecule has 2 aromatic carbocycles. The van der Waals surface area contributed by atoms with E-state index >= 15 is 0 Å². The number of carbonyl (C=O) groups is 3. The largest absolute Gasteiger partial charge is 0.508 e. The summed E-state index contributed by atoms with van der Waals surface area (Å²) in [5, 5.41) is 61.3. The highest BCUT2D eigenvalue weighted by atomic mass is 16.8. The van der Waals surface area contributed by atoms with Crippen LogP contribution in [0, 0.1) is 11.8 Å². The summed E-state index contributed by atoms with van der Waals surface area (Å²) in [7, 11) is 0. The number of phenols is 3. The SMILES string of the molecule is CCCCOc1cc(O)c2c(c1)/C=C/CC(O)C(O)C(=O)/C=C\[C@@H](C)[C@H](C)OC2=O.C[C@@H]1/C=C\C(O)C2OC(C)(C)OC2C/C=C/c2cc(O)cc(O)c2C(=O)O[C@H]1C. The molecule has 14 nitrogen and oxygen atoms in total. The molecule has 6 N–H and O–H groups in total. The molecule has 3 heterocycles. The van der Waals surface area contributed by atoms with Crippen LogP contribution in [0.1, 0.15) is 106 Å². The Morgan fingerprint density at radius 2 is 1.31 bits per heavy atom. The number of rotatable bonds is 4. The van der Waals surface area contributed by atoms with Crippen LogP contribution in [0.25, 0.3) is 12.2 Å². The first-order chi connectivity index (χ1) is 27.8. The van der Waals surface area contributed by atoms with E-state index in [4.69, 9.17) is 23.7 Å². The Bertz CT molecular complexity index is 1910. The molecule has 14 heteroatoms. The molecular formula is C45H58O14. The second-order valence-corrected chi connectivity index (χ2v) is 15.5. The van der Waals surface area contributed by atoms with Crippen molar-refractivity contribution in [2.24, 2.45) is 11.8 Å². The van der Waals surface area contributed by atoms with E-state index in [2.05, 4.69) is 0 Å². The fraction of sp³-hybridized carbons (Fsp3) is 0.489. The molecule has 0 bridgehead atoms. The van der Waals surface area contributed by atoms with E-state index in [9.17, 15) is 45.0 Å². The number of hydrogen-bond acceptors (Lipinski definition) is 14. The van der Waals surface area contributed by atoms with E-state index in [1.54, 1.807) is 65.0 Å².